The number of phenolic OH excluding ortho intramolecular Hbond substituents is 3. The van der Waals surface area contributed by atoms with Crippen LogP contribution in [0.5, 0.6) is 23.0 Å². The summed E-state index contributed by atoms with van der Waals surface area (Å²) in [6.07, 6.45) is -0.285. The minimum absolute atomic E-state index is 0.0631. The maximum atomic E-state index is 14.5. The number of pyridine rings is 1. The number of carbonyl (C=O) groups excluding carboxylic acids is 6. The molecule has 2 aliphatic carbocycles. The number of anilines is 1. The van der Waals surface area contributed by atoms with E-state index in [9.17, 15) is 90.0 Å². The molecule has 0 unspecified atom stereocenters. The highest BCUT2D eigenvalue weighted by Crippen LogP contribution is 2.55. The molecule has 3 saturated heterocycles. The second-order valence-corrected chi connectivity index (χ2v) is 30.8. The third-order valence-corrected chi connectivity index (χ3v) is 22.7. The molecule has 2 aromatic heterocycles. The number of likely N-dealkylation sites (N-methyl/N-ethyl adjacent to an activating group) is 1. The molecule has 8 aliphatic rings. The number of nitrogens with one attached hydrogen (secondary N) is 3. The van der Waals surface area contributed by atoms with Crippen molar-refractivity contribution in [3.8, 4) is 23.0 Å². The second-order valence-electron chi connectivity index (χ2n) is 30.8. The molecule has 43 nitrogen and oxygen atoms in total. The summed E-state index contributed by atoms with van der Waals surface area (Å²) in [5.41, 5.74) is 26.7. The van der Waals surface area contributed by atoms with Gasteiger partial charge in [-0.25, -0.2) is 20.8 Å². The SMILES string of the molecule is CN[C@@H]1[C@H](O[C@H]2[C@H](O[C@H]3[C@H](O)[C@@H](O)[C@H](N=C(N)N)[C@@H](O)[C@@H]3N=C(N)N)O[C@@H](C)[C@]2(O)C=O)O[C@@H](CO)[C@H](O)[C@H]1O.CO[C@H]1/C=C/O[C@@]2(C)Oc3c(C)c(O)c4c(O)c(c(/C=N\N5CCN(C6CCCC6)CC5)c(O)c4c3C2=O)NC(=O)/C(C)=C\C=C\[C@H](C)[C@H](O)[C@@H](C)[C@@H](O)[C@@H](C)[C@H](OC(C)=O)[C@@H]1C.NC(=O)c1cnccn1.NNC(=O)c1ccncc1. The standard InChI is InChI=1S/C47H64N4O12.C21H39N7O12.C6H7N3O.C5H5N3O/c1-24-13-12-14-25(2)46(59)49-37-32(23-48-51-20-18-50(19-21-51)31-15-10-11-16-31)41(56)34-35(42(37)57)40(55)29(6)44-36(34)45(58)47(8,63-44)61-22-17-33(60-9)26(3)43(62-30(7)52)28(5)39(54)27(4)38(24)53;1-5-21(36,4-30)16(40-17-9(26-2)13(34)10(31)6(3-29)38-17)18(37-5)39-15-8(28-20(24)25)11(32)7(27-19(22)23)12(33)14(15)35;7-9-6(10)5-1-3-8-4-2-5;6-5(9)4-3-7-1-2-8-4/h12-14,17,22-24,26-28,31,33,38-39,43,53-57H,10-11,15-16,18-21H2,1-9H3,(H,49,59);4-18,26,29,31-36H,3H2,1-2H3,(H4,22,23,27)(H4,24,25,28);1-4H,7H2,(H,9,10);1-3H,(H2,6,9)/b13-12+,22-17+,25-14-,48-23-;;;/t24-,26+,27+,28+,33-,38-,39+,43+,47-;5-,6-,7+,8-,9-,10-,11+,12-,13-,14+,15+,16-,17-,18-,21+;;/m00../s1. The number of amides is 3. The first-order valence-electron chi connectivity index (χ1n) is 39.4. The molecule has 43 heteroatoms. The largest absolute Gasteiger partial charge is 0.507 e. The third-order valence-electron chi connectivity index (χ3n) is 22.7. The molecule has 5 fully saturated rings. The van der Waals surface area contributed by atoms with Gasteiger partial charge in [0.1, 0.15) is 90.0 Å². The van der Waals surface area contributed by atoms with Gasteiger partial charge in [-0.05, 0) is 58.9 Å². The number of primary amides is 1. The number of aliphatic hydroxyl groups excluding tert-OH is 8. The number of fused-ring (bicyclic) bond motifs is 14. The average molecular weight is 1720 g/mol. The molecule has 2 saturated carbocycles. The quantitative estimate of drug-likeness (QED) is 0.00603. The second kappa shape index (κ2) is 42.7. The van der Waals surface area contributed by atoms with E-state index in [2.05, 4.69) is 45.6 Å². The summed E-state index contributed by atoms with van der Waals surface area (Å²) in [5, 5.41) is 144. The number of hydrogen-bond acceptors (Lipinski definition) is 36. The Morgan fingerprint density at radius 1 is 0.754 bits per heavy atom. The van der Waals surface area contributed by atoms with Crippen LogP contribution in [0, 0.1) is 30.6 Å². The predicted octanol–water partition coefficient (Wildman–Crippen LogP) is -3.25. The van der Waals surface area contributed by atoms with Crippen molar-refractivity contribution in [3.05, 3.63) is 107 Å². The number of aliphatic imine (C=N–C) groups is 2. The maximum absolute atomic E-state index is 14.5. The van der Waals surface area contributed by atoms with Crippen molar-refractivity contribution < 1.29 is 128 Å². The molecule has 27 N–H and O–H groups in total. The Labute approximate surface area is 702 Å². The van der Waals surface area contributed by atoms with Crippen molar-refractivity contribution >= 4 is 70.4 Å². The number of ether oxygens (including phenoxy) is 8. The van der Waals surface area contributed by atoms with Crippen LogP contribution < -0.4 is 55.3 Å². The van der Waals surface area contributed by atoms with E-state index in [-0.39, 0.29) is 62.4 Å². The molecule has 6 aliphatic heterocycles. The zero-order valence-corrected chi connectivity index (χ0v) is 69.3. The Bertz CT molecular complexity index is 4460. The van der Waals surface area contributed by atoms with Crippen molar-refractivity contribution in [2.75, 3.05) is 52.3 Å². The van der Waals surface area contributed by atoms with Crippen LogP contribution >= 0.6 is 0 Å². The minimum atomic E-state index is -2.38. The first kappa shape index (κ1) is 97.2. The van der Waals surface area contributed by atoms with E-state index in [1.54, 1.807) is 52.0 Å². The number of phenols is 3. The van der Waals surface area contributed by atoms with Crippen molar-refractivity contribution in [1.82, 2.24) is 35.6 Å². The molecular weight excluding hydrogens is 1600 g/mol. The van der Waals surface area contributed by atoms with E-state index in [1.165, 1.54) is 130 Å². The third kappa shape index (κ3) is 22.0. The van der Waals surface area contributed by atoms with Gasteiger partial charge in [0.05, 0.1) is 77.9 Å². The van der Waals surface area contributed by atoms with E-state index in [4.69, 9.17) is 72.4 Å². The van der Waals surface area contributed by atoms with Crippen molar-refractivity contribution in [2.45, 2.75) is 215 Å². The Hall–Kier alpha value is -10.3. The van der Waals surface area contributed by atoms with E-state index < -0.39 is 204 Å². The number of hydrogen-bond donors (Lipinski definition) is 21. The fourth-order valence-electron chi connectivity index (χ4n) is 15.6. The van der Waals surface area contributed by atoms with Crippen LogP contribution in [0.3, 0.4) is 0 Å². The van der Waals surface area contributed by atoms with Crippen LogP contribution in [0.4, 0.5) is 5.69 Å². The molecule has 0 radical (unpaired) electrons. The van der Waals surface area contributed by atoms with Crippen molar-refractivity contribution in [1.29, 1.82) is 0 Å². The molecule has 2 aromatic carbocycles. The van der Waals surface area contributed by atoms with Gasteiger partial charge in [-0.1, -0.05) is 58.8 Å². The Kier molecular flexibility index (Phi) is 34.0. The molecule has 8 heterocycles. The molecule has 122 heavy (non-hydrogen) atoms. The van der Waals surface area contributed by atoms with Crippen LogP contribution in [0.25, 0.3) is 10.8 Å². The summed E-state index contributed by atoms with van der Waals surface area (Å²) in [7, 11) is 2.86. The zero-order valence-electron chi connectivity index (χ0n) is 69.3. The number of piperazine rings is 1. The normalized spacial score (nSPS) is 33.6. The molecule has 0 spiro atoms. The Morgan fingerprint density at radius 3 is 1.97 bits per heavy atom. The molecule has 24 atom stereocenters. The van der Waals surface area contributed by atoms with Gasteiger partial charge in [0, 0.05) is 124 Å². The maximum Gasteiger partial charge on any atom is 0.312 e. The fraction of sp³-hybridized carbons (Fsp3) is 0.570. The van der Waals surface area contributed by atoms with Crippen LogP contribution in [-0.2, 0) is 47.5 Å². The van der Waals surface area contributed by atoms with Crippen molar-refractivity contribution in [2.24, 2.45) is 73.3 Å². The number of methoxy groups -OCH3 is 1. The van der Waals surface area contributed by atoms with E-state index in [0.29, 0.717) is 24.7 Å². The molecule has 5 bridgehead atoms. The highest BCUT2D eigenvalue weighted by Gasteiger charge is 2.61. The Morgan fingerprint density at radius 2 is 1.40 bits per heavy atom. The van der Waals surface area contributed by atoms with Crippen molar-refractivity contribution in [3.63, 3.8) is 0 Å². The number of guanidine groups is 2. The number of ketones is 1. The number of benzene rings is 2. The number of allylic oxidation sites excluding steroid dienone is 2. The lowest BCUT2D eigenvalue weighted by atomic mass is 9.78. The van der Waals surface area contributed by atoms with Crippen LogP contribution in [0.2, 0.25) is 0 Å². The highest BCUT2D eigenvalue weighted by atomic mass is 16.8. The van der Waals surface area contributed by atoms with E-state index >= 15 is 0 Å². The topological polar surface area (TPSA) is 693 Å². The number of Topliss-reactive ketones (excluding diaryl/α,β-unsaturated/α-hetero) is 1. The summed E-state index contributed by atoms with van der Waals surface area (Å²) in [4.78, 5) is 95.0. The Balaban J connectivity index is 0.000000263. The number of nitrogens with zero attached hydrogens (tertiary/aromatic N) is 8. The predicted molar refractivity (Wildman–Crippen MR) is 436 cm³/mol. The zero-order chi connectivity index (χ0) is 90.3. The first-order valence-corrected chi connectivity index (χ1v) is 39.4. The number of carbonyl (C=O) groups is 6. The summed E-state index contributed by atoms with van der Waals surface area (Å²) >= 11 is 0. The fourth-order valence-corrected chi connectivity index (χ4v) is 15.6. The number of hydrazine groups is 1. The van der Waals surface area contributed by atoms with E-state index in [1.807, 2.05) is 10.4 Å². The van der Waals surface area contributed by atoms with Gasteiger partial charge in [-0.15, -0.1) is 0 Å². The van der Waals surface area contributed by atoms with Gasteiger partial charge in [0.2, 0.25) is 0 Å². The van der Waals surface area contributed by atoms with Gasteiger partial charge in [0.25, 0.3) is 23.5 Å². The smallest absolute Gasteiger partial charge is 0.312 e. The summed E-state index contributed by atoms with van der Waals surface area (Å²) in [5.74, 6) is -5.28. The summed E-state index contributed by atoms with van der Waals surface area (Å²) < 4.78 is 46.7. The number of nitrogens with two attached hydrogens (primary N) is 6. The molecular formula is C79H115N17O26. The molecule has 672 valence electrons. The van der Waals surface area contributed by atoms with Crippen LogP contribution in [0.15, 0.2) is 94.3 Å². The lowest BCUT2D eigenvalue weighted by Gasteiger charge is -2.45. The number of rotatable bonds is 16. The molecule has 4 aromatic rings. The number of nitrogen functional groups attached to an aromatic ring is 1. The van der Waals surface area contributed by atoms with Gasteiger partial charge in [-0.2, -0.15) is 5.10 Å². The number of aldehydes is 1. The number of aromatic hydroxyl groups is 3. The lowest BCUT2D eigenvalue weighted by molar-refractivity contribution is -0.314. The molecule has 3 amide bonds. The number of hydrazone groups is 1. The van der Waals surface area contributed by atoms with Crippen LogP contribution in [0.1, 0.15) is 123 Å². The summed E-state index contributed by atoms with van der Waals surface area (Å²) in [6, 6.07) is -0.357. The van der Waals surface area contributed by atoms with Gasteiger partial charge < -0.3 is 138 Å². The van der Waals surface area contributed by atoms with Gasteiger partial charge in [-0.3, -0.25) is 54.1 Å². The van der Waals surface area contributed by atoms with Gasteiger partial charge >= 0.3 is 11.8 Å². The summed E-state index contributed by atoms with van der Waals surface area (Å²) in [6.45, 7) is 16.0. The number of esters is 1. The average Bonchev–Trinajstić information content (AvgIpc) is 1.50. The first-order chi connectivity index (χ1) is 57.7. The highest BCUT2D eigenvalue weighted by molar-refractivity contribution is 6.24. The molecule has 12 rings (SSSR count). The van der Waals surface area contributed by atoms with Gasteiger partial charge in [0.15, 0.2) is 42.1 Å². The number of aromatic nitrogens is 3. The monoisotopic (exact) mass is 1720 g/mol. The number of aliphatic hydroxyl groups is 9. The minimum Gasteiger partial charge on any atom is -0.507 e. The van der Waals surface area contributed by atoms with E-state index in [0.717, 1.165) is 13.1 Å². The van der Waals surface area contributed by atoms with Crippen LogP contribution in [-0.4, -0.2) is 314 Å². The lowest BCUT2D eigenvalue weighted by Crippen LogP contribution is -2.66.